The van der Waals surface area contributed by atoms with Crippen LogP contribution in [0, 0.1) is 17.7 Å². The topological polar surface area (TPSA) is 49.4 Å². The third kappa shape index (κ3) is 2.83. The van der Waals surface area contributed by atoms with Gasteiger partial charge in [-0.25, -0.2) is 12.8 Å². The van der Waals surface area contributed by atoms with Crippen molar-refractivity contribution in [1.29, 1.82) is 0 Å². The highest BCUT2D eigenvalue weighted by Crippen LogP contribution is 2.29. The Kier molecular flexibility index (Phi) is 4.69. The second-order valence-electron chi connectivity index (χ2n) is 5.28. The summed E-state index contributed by atoms with van der Waals surface area (Å²) in [7, 11) is -3.48. The van der Waals surface area contributed by atoms with Gasteiger partial charge in [-0.3, -0.25) is 0 Å². The SMILES string of the molecule is Cl.O=S(=O)(c1ccc(F)cc1)N1CCC2CNCC2C1. The number of hydrogen-bond donors (Lipinski definition) is 1. The molecular weight excluding hydrogens is 303 g/mol. The van der Waals surface area contributed by atoms with Gasteiger partial charge in [-0.1, -0.05) is 0 Å². The maximum atomic E-state index is 12.9. The molecular formula is C13H18ClFN2O2S. The molecule has 2 atom stereocenters. The van der Waals surface area contributed by atoms with E-state index < -0.39 is 15.8 Å². The number of nitrogens with zero attached hydrogens (tertiary/aromatic N) is 1. The van der Waals surface area contributed by atoms with Gasteiger partial charge in [0.15, 0.2) is 0 Å². The third-order valence-electron chi connectivity index (χ3n) is 4.12. The number of nitrogens with one attached hydrogen (secondary N) is 1. The smallest absolute Gasteiger partial charge is 0.243 e. The Labute approximate surface area is 124 Å². The van der Waals surface area contributed by atoms with Crippen LogP contribution in [0.4, 0.5) is 4.39 Å². The van der Waals surface area contributed by atoms with Crippen LogP contribution in [0.2, 0.25) is 0 Å². The van der Waals surface area contributed by atoms with Crippen LogP contribution in [-0.2, 0) is 10.0 Å². The van der Waals surface area contributed by atoms with E-state index in [1.54, 1.807) is 0 Å². The van der Waals surface area contributed by atoms with Crippen LogP contribution < -0.4 is 5.32 Å². The molecule has 2 aliphatic rings. The fraction of sp³-hybridized carbons (Fsp3) is 0.538. The summed E-state index contributed by atoms with van der Waals surface area (Å²) in [5.41, 5.74) is 0. The van der Waals surface area contributed by atoms with E-state index in [1.807, 2.05) is 0 Å². The molecule has 2 unspecified atom stereocenters. The first-order valence-corrected chi connectivity index (χ1v) is 7.98. The maximum Gasteiger partial charge on any atom is 0.243 e. The summed E-state index contributed by atoms with van der Waals surface area (Å²) < 4.78 is 39.4. The van der Waals surface area contributed by atoms with Crippen molar-refractivity contribution in [3.63, 3.8) is 0 Å². The van der Waals surface area contributed by atoms with Crippen molar-refractivity contribution in [3.8, 4) is 0 Å². The highest BCUT2D eigenvalue weighted by atomic mass is 35.5. The van der Waals surface area contributed by atoms with E-state index in [0.29, 0.717) is 24.9 Å². The third-order valence-corrected chi connectivity index (χ3v) is 6.00. The molecule has 0 aromatic heterocycles. The van der Waals surface area contributed by atoms with Crippen LogP contribution >= 0.6 is 12.4 Å². The molecule has 0 amide bonds. The minimum Gasteiger partial charge on any atom is -0.316 e. The summed E-state index contributed by atoms with van der Waals surface area (Å²) in [4.78, 5) is 0.179. The molecule has 7 heteroatoms. The Morgan fingerprint density at radius 3 is 2.50 bits per heavy atom. The van der Waals surface area contributed by atoms with Gasteiger partial charge in [0.1, 0.15) is 5.82 Å². The highest BCUT2D eigenvalue weighted by Gasteiger charge is 2.37. The van der Waals surface area contributed by atoms with Crippen molar-refractivity contribution in [2.75, 3.05) is 26.2 Å². The van der Waals surface area contributed by atoms with E-state index in [9.17, 15) is 12.8 Å². The lowest BCUT2D eigenvalue weighted by molar-refractivity contribution is 0.228. The van der Waals surface area contributed by atoms with Gasteiger partial charge in [0, 0.05) is 13.1 Å². The summed E-state index contributed by atoms with van der Waals surface area (Å²) in [6.07, 6.45) is 0.901. The number of sulfonamides is 1. The van der Waals surface area contributed by atoms with E-state index in [4.69, 9.17) is 0 Å². The van der Waals surface area contributed by atoms with Crippen LogP contribution in [0.1, 0.15) is 6.42 Å². The lowest BCUT2D eigenvalue weighted by Crippen LogP contribution is -2.43. The van der Waals surface area contributed by atoms with E-state index in [2.05, 4.69) is 5.32 Å². The Balaban J connectivity index is 0.00000147. The molecule has 0 aliphatic carbocycles. The zero-order valence-corrected chi connectivity index (χ0v) is 12.6. The number of fused-ring (bicyclic) bond motifs is 1. The van der Waals surface area contributed by atoms with Crippen molar-refractivity contribution >= 4 is 22.4 Å². The molecule has 3 rings (SSSR count). The van der Waals surface area contributed by atoms with Gasteiger partial charge in [0.05, 0.1) is 4.90 Å². The van der Waals surface area contributed by atoms with Gasteiger partial charge in [-0.2, -0.15) is 4.31 Å². The average molecular weight is 321 g/mol. The summed E-state index contributed by atoms with van der Waals surface area (Å²) in [5, 5.41) is 3.31. The Morgan fingerprint density at radius 2 is 1.80 bits per heavy atom. The standard InChI is InChI=1S/C13H17FN2O2S.ClH/c14-12-1-3-13(4-2-12)19(17,18)16-6-5-10-7-15-8-11(10)9-16;/h1-4,10-11,15H,5-9H2;1H. The fourth-order valence-corrected chi connectivity index (χ4v) is 4.49. The van der Waals surface area contributed by atoms with Crippen molar-refractivity contribution in [2.45, 2.75) is 11.3 Å². The molecule has 20 heavy (non-hydrogen) atoms. The first-order valence-electron chi connectivity index (χ1n) is 6.54. The van der Waals surface area contributed by atoms with Gasteiger partial charge >= 0.3 is 0 Å². The van der Waals surface area contributed by atoms with Gasteiger partial charge < -0.3 is 5.32 Å². The summed E-state index contributed by atoms with van der Waals surface area (Å²) in [6.45, 7) is 3.01. The average Bonchev–Trinajstić information content (AvgIpc) is 2.86. The molecule has 0 spiro atoms. The largest absolute Gasteiger partial charge is 0.316 e. The molecule has 1 aromatic rings. The molecule has 112 valence electrons. The van der Waals surface area contributed by atoms with Crippen molar-refractivity contribution in [3.05, 3.63) is 30.1 Å². The van der Waals surface area contributed by atoms with Gasteiger partial charge in [-0.05, 0) is 55.6 Å². The van der Waals surface area contributed by atoms with Crippen molar-refractivity contribution in [2.24, 2.45) is 11.8 Å². The van der Waals surface area contributed by atoms with E-state index in [0.717, 1.165) is 19.5 Å². The molecule has 2 aliphatic heterocycles. The summed E-state index contributed by atoms with van der Waals surface area (Å²) in [5.74, 6) is 0.585. The van der Waals surface area contributed by atoms with Crippen molar-refractivity contribution in [1.82, 2.24) is 9.62 Å². The summed E-state index contributed by atoms with van der Waals surface area (Å²) >= 11 is 0. The predicted octanol–water partition coefficient (Wildman–Crippen LogP) is 1.48. The molecule has 2 heterocycles. The summed E-state index contributed by atoms with van der Waals surface area (Å²) in [6, 6.07) is 5.06. The molecule has 0 bridgehead atoms. The van der Waals surface area contributed by atoms with Crippen LogP contribution in [0.25, 0.3) is 0 Å². The molecule has 0 saturated carbocycles. The normalized spacial score (nSPS) is 26.9. The second kappa shape index (κ2) is 5.97. The maximum absolute atomic E-state index is 12.9. The van der Waals surface area contributed by atoms with Crippen LogP contribution in [0.5, 0.6) is 0 Å². The van der Waals surface area contributed by atoms with Gasteiger partial charge in [0.25, 0.3) is 0 Å². The molecule has 2 saturated heterocycles. The zero-order valence-electron chi connectivity index (χ0n) is 11.0. The zero-order chi connectivity index (χ0) is 13.5. The van der Waals surface area contributed by atoms with Crippen LogP contribution in [0.3, 0.4) is 0 Å². The lowest BCUT2D eigenvalue weighted by Gasteiger charge is -2.33. The molecule has 1 aromatic carbocycles. The number of piperidine rings is 1. The molecule has 4 nitrogen and oxygen atoms in total. The monoisotopic (exact) mass is 320 g/mol. The van der Waals surface area contributed by atoms with E-state index in [-0.39, 0.29) is 17.3 Å². The minimum absolute atomic E-state index is 0. The first-order chi connectivity index (χ1) is 9.07. The second-order valence-corrected chi connectivity index (χ2v) is 7.22. The molecule has 1 N–H and O–H groups in total. The number of halogens is 2. The van der Waals surface area contributed by atoms with Crippen LogP contribution in [0.15, 0.2) is 29.2 Å². The highest BCUT2D eigenvalue weighted by molar-refractivity contribution is 7.89. The quantitative estimate of drug-likeness (QED) is 0.898. The number of benzene rings is 1. The molecule has 0 radical (unpaired) electrons. The van der Waals surface area contributed by atoms with Crippen molar-refractivity contribution < 1.29 is 12.8 Å². The number of rotatable bonds is 2. The Hall–Kier alpha value is -0.690. The van der Waals surface area contributed by atoms with Crippen LogP contribution in [-0.4, -0.2) is 38.9 Å². The lowest BCUT2D eigenvalue weighted by atomic mass is 9.90. The van der Waals surface area contributed by atoms with Gasteiger partial charge in [-0.15, -0.1) is 12.4 Å². The Morgan fingerprint density at radius 1 is 1.15 bits per heavy atom. The van der Waals surface area contributed by atoms with E-state index in [1.165, 1.54) is 28.6 Å². The fourth-order valence-electron chi connectivity index (χ4n) is 2.98. The van der Waals surface area contributed by atoms with Gasteiger partial charge in [0.2, 0.25) is 10.0 Å². The molecule has 2 fully saturated rings. The minimum atomic E-state index is -3.48. The predicted molar refractivity (Wildman–Crippen MR) is 76.9 cm³/mol. The Bertz CT molecular complexity index is 564. The number of hydrogen-bond acceptors (Lipinski definition) is 3. The first kappa shape index (κ1) is 15.7. The van der Waals surface area contributed by atoms with E-state index >= 15 is 0 Å².